The van der Waals surface area contributed by atoms with Gasteiger partial charge in [0, 0.05) is 21.1 Å². The van der Waals surface area contributed by atoms with Gasteiger partial charge in [-0.2, -0.15) is 0 Å². The normalized spacial score (nSPS) is 15.7. The van der Waals surface area contributed by atoms with Crippen LogP contribution < -0.4 is 21.4 Å². The van der Waals surface area contributed by atoms with Gasteiger partial charge in [-0.25, -0.2) is 0 Å². The van der Waals surface area contributed by atoms with Gasteiger partial charge in [0.15, 0.2) is 11.7 Å². The smallest absolute Gasteiger partial charge is 0.175 e. The second-order valence-electron chi connectivity index (χ2n) is 2.02. The van der Waals surface area contributed by atoms with Crippen molar-refractivity contribution in [3.05, 3.63) is 11.5 Å². The van der Waals surface area contributed by atoms with Gasteiger partial charge in [0.1, 0.15) is 5.70 Å². The standard InChI is InChI=1S/C6H12N5/c1-7-4-5(8-2)10-11-6(4)9-3/h7-8H,1-3H3,(H,9,11). The summed E-state index contributed by atoms with van der Waals surface area (Å²) in [5, 5.41) is 12.7. The van der Waals surface area contributed by atoms with Gasteiger partial charge in [-0.1, -0.05) is 0 Å². The van der Waals surface area contributed by atoms with E-state index in [0.717, 1.165) is 17.4 Å². The molecule has 0 aromatic carbocycles. The van der Waals surface area contributed by atoms with Crippen molar-refractivity contribution in [2.75, 3.05) is 21.1 Å². The second kappa shape index (κ2) is 3.14. The first kappa shape index (κ1) is 7.71. The molecule has 0 amide bonds. The van der Waals surface area contributed by atoms with Crippen LogP contribution in [0.5, 0.6) is 0 Å². The van der Waals surface area contributed by atoms with Crippen molar-refractivity contribution in [2.24, 2.45) is 5.10 Å². The molecular weight excluding hydrogens is 142 g/mol. The molecule has 1 radical (unpaired) electrons. The van der Waals surface area contributed by atoms with Crippen molar-refractivity contribution in [2.45, 2.75) is 0 Å². The number of hydrogen-bond acceptors (Lipinski definition) is 4. The molecule has 0 aliphatic carbocycles. The van der Waals surface area contributed by atoms with E-state index in [4.69, 9.17) is 0 Å². The Bertz CT molecular complexity index is 205. The molecule has 61 valence electrons. The third-order valence-electron chi connectivity index (χ3n) is 1.45. The molecule has 1 aliphatic rings. The summed E-state index contributed by atoms with van der Waals surface area (Å²) in [6, 6.07) is 0. The predicted octanol–water partition coefficient (Wildman–Crippen LogP) is -1.25. The molecule has 1 aliphatic heterocycles. The topological polar surface area (TPSA) is 62.6 Å². The molecule has 1 heterocycles. The highest BCUT2D eigenvalue weighted by Gasteiger charge is 2.17. The maximum atomic E-state index is 3.89. The van der Waals surface area contributed by atoms with Crippen molar-refractivity contribution in [1.82, 2.24) is 21.4 Å². The number of rotatable bonds is 2. The summed E-state index contributed by atoms with van der Waals surface area (Å²) in [6.07, 6.45) is 0. The van der Waals surface area contributed by atoms with Gasteiger partial charge in [-0.05, 0) is 0 Å². The Balaban J connectivity index is 2.80. The molecule has 0 unspecified atom stereocenters. The number of amidine groups is 1. The minimum atomic E-state index is 0.761. The minimum absolute atomic E-state index is 0.761. The molecule has 0 spiro atoms. The van der Waals surface area contributed by atoms with Gasteiger partial charge in [0.05, 0.1) is 0 Å². The molecule has 0 saturated heterocycles. The molecule has 0 aromatic heterocycles. The van der Waals surface area contributed by atoms with Crippen molar-refractivity contribution < 1.29 is 0 Å². The summed E-state index contributed by atoms with van der Waals surface area (Å²) < 4.78 is 0. The van der Waals surface area contributed by atoms with Crippen LogP contribution in [0, 0.1) is 0 Å². The zero-order chi connectivity index (χ0) is 8.27. The highest BCUT2D eigenvalue weighted by atomic mass is 15.4. The molecule has 0 saturated carbocycles. The zero-order valence-electron chi connectivity index (χ0n) is 6.89. The van der Waals surface area contributed by atoms with Crippen LogP contribution in [0.25, 0.3) is 0 Å². The van der Waals surface area contributed by atoms with Crippen LogP contribution in [0.4, 0.5) is 0 Å². The Morgan fingerprint density at radius 3 is 2.18 bits per heavy atom. The van der Waals surface area contributed by atoms with E-state index in [1.54, 1.807) is 0 Å². The van der Waals surface area contributed by atoms with Crippen molar-refractivity contribution in [1.29, 1.82) is 0 Å². The largest absolute Gasteiger partial charge is 0.382 e. The molecule has 11 heavy (non-hydrogen) atoms. The van der Waals surface area contributed by atoms with Crippen LogP contribution in [-0.4, -0.2) is 27.0 Å². The molecular formula is C6H12N5. The van der Waals surface area contributed by atoms with E-state index in [0.29, 0.717) is 0 Å². The fraction of sp³-hybridized carbons (Fsp3) is 0.500. The average molecular weight is 154 g/mol. The molecule has 0 aromatic rings. The van der Waals surface area contributed by atoms with Crippen LogP contribution in [0.15, 0.2) is 16.6 Å². The highest BCUT2D eigenvalue weighted by Crippen LogP contribution is 2.03. The first-order chi connectivity index (χ1) is 5.33. The van der Waals surface area contributed by atoms with Crippen LogP contribution in [0.2, 0.25) is 0 Å². The Morgan fingerprint density at radius 1 is 1.00 bits per heavy atom. The lowest BCUT2D eigenvalue weighted by atomic mass is 10.4. The highest BCUT2D eigenvalue weighted by molar-refractivity contribution is 5.99. The van der Waals surface area contributed by atoms with Crippen LogP contribution in [0.1, 0.15) is 0 Å². The molecule has 5 heteroatoms. The Hall–Kier alpha value is -1.39. The third kappa shape index (κ3) is 1.21. The first-order valence-corrected chi connectivity index (χ1v) is 3.40. The van der Waals surface area contributed by atoms with Crippen molar-refractivity contribution >= 4 is 5.84 Å². The Kier molecular flexibility index (Phi) is 2.20. The van der Waals surface area contributed by atoms with E-state index in [9.17, 15) is 0 Å². The molecule has 3 N–H and O–H groups in total. The van der Waals surface area contributed by atoms with E-state index in [-0.39, 0.29) is 0 Å². The first-order valence-electron chi connectivity index (χ1n) is 3.40. The predicted molar refractivity (Wildman–Crippen MR) is 43.8 cm³/mol. The van der Waals surface area contributed by atoms with Gasteiger partial charge >= 0.3 is 0 Å². The SMILES string of the molecule is CNC1=N[N]C(NC)=C1NC. The average Bonchev–Trinajstić information content (AvgIpc) is 2.45. The summed E-state index contributed by atoms with van der Waals surface area (Å²) in [5.41, 5.74) is 4.79. The summed E-state index contributed by atoms with van der Waals surface area (Å²) in [7, 11) is 5.45. The van der Waals surface area contributed by atoms with Gasteiger partial charge in [-0.15, -0.1) is 10.5 Å². The summed E-state index contributed by atoms with van der Waals surface area (Å²) >= 11 is 0. The lowest BCUT2D eigenvalue weighted by Gasteiger charge is -2.04. The Morgan fingerprint density at radius 2 is 1.73 bits per heavy atom. The Labute approximate surface area is 65.9 Å². The van der Waals surface area contributed by atoms with Crippen molar-refractivity contribution in [3.8, 4) is 0 Å². The second-order valence-corrected chi connectivity index (χ2v) is 2.02. The van der Waals surface area contributed by atoms with E-state index >= 15 is 0 Å². The zero-order valence-corrected chi connectivity index (χ0v) is 6.89. The fourth-order valence-corrected chi connectivity index (χ4v) is 0.899. The summed E-state index contributed by atoms with van der Waals surface area (Å²) in [6.45, 7) is 0. The number of nitrogens with one attached hydrogen (secondary N) is 3. The molecule has 0 fully saturated rings. The van der Waals surface area contributed by atoms with Gasteiger partial charge < -0.3 is 16.0 Å². The monoisotopic (exact) mass is 154 g/mol. The summed E-state index contributed by atoms with van der Waals surface area (Å²) in [4.78, 5) is 0. The molecule has 1 rings (SSSR count). The van der Waals surface area contributed by atoms with Gasteiger partial charge in [0.2, 0.25) is 0 Å². The van der Waals surface area contributed by atoms with E-state index in [1.165, 1.54) is 0 Å². The number of hydrogen-bond donors (Lipinski definition) is 3. The van der Waals surface area contributed by atoms with E-state index in [2.05, 4.69) is 26.5 Å². The molecule has 0 atom stereocenters. The third-order valence-corrected chi connectivity index (χ3v) is 1.45. The van der Waals surface area contributed by atoms with Crippen LogP contribution >= 0.6 is 0 Å². The van der Waals surface area contributed by atoms with Crippen LogP contribution in [0.3, 0.4) is 0 Å². The van der Waals surface area contributed by atoms with E-state index in [1.807, 2.05) is 21.1 Å². The maximum absolute atomic E-state index is 3.89. The minimum Gasteiger partial charge on any atom is -0.382 e. The summed E-state index contributed by atoms with van der Waals surface area (Å²) in [5.74, 6) is 1.52. The lowest BCUT2D eigenvalue weighted by molar-refractivity contribution is 0.771. The fourth-order valence-electron chi connectivity index (χ4n) is 0.899. The molecule has 0 bridgehead atoms. The lowest BCUT2D eigenvalue weighted by Crippen LogP contribution is -2.28. The quantitative estimate of drug-likeness (QED) is 0.465. The van der Waals surface area contributed by atoms with Gasteiger partial charge in [-0.3, -0.25) is 0 Å². The van der Waals surface area contributed by atoms with Gasteiger partial charge in [0.25, 0.3) is 0 Å². The molecule has 5 nitrogen and oxygen atoms in total. The van der Waals surface area contributed by atoms with Crippen LogP contribution in [-0.2, 0) is 0 Å². The maximum Gasteiger partial charge on any atom is 0.175 e. The van der Waals surface area contributed by atoms with Crippen molar-refractivity contribution in [3.63, 3.8) is 0 Å². The number of nitrogens with zero attached hydrogens (tertiary/aromatic N) is 2. The number of likely N-dealkylation sites (N-methyl/N-ethyl adjacent to an activating group) is 2. The van der Waals surface area contributed by atoms with E-state index < -0.39 is 0 Å².